The number of fused-ring (bicyclic) bond motifs is 5. The van der Waals surface area contributed by atoms with E-state index in [9.17, 15) is 31.2 Å². The fourth-order valence-corrected chi connectivity index (χ4v) is 2.92. The van der Waals surface area contributed by atoms with Crippen molar-refractivity contribution in [3.8, 4) is 0 Å². The van der Waals surface area contributed by atoms with E-state index in [2.05, 4.69) is 4.28 Å². The Morgan fingerprint density at radius 1 is 1.10 bits per heavy atom. The Kier molecular flexibility index (Phi) is 2.57. The van der Waals surface area contributed by atoms with Gasteiger partial charge in [0.15, 0.2) is 0 Å². The molecule has 20 heavy (non-hydrogen) atoms. The molecule has 0 N–H and O–H groups in total. The summed E-state index contributed by atoms with van der Waals surface area (Å²) < 4.78 is 67.2. The van der Waals surface area contributed by atoms with Crippen molar-refractivity contribution >= 4 is 21.9 Å². The second-order valence-corrected chi connectivity index (χ2v) is 5.97. The third-order valence-electron chi connectivity index (χ3n) is 3.33. The predicted molar refractivity (Wildman–Crippen MR) is 52.7 cm³/mol. The first-order valence-electron chi connectivity index (χ1n) is 5.36. The molecule has 0 radical (unpaired) electrons. The zero-order chi connectivity index (χ0) is 14.9. The van der Waals surface area contributed by atoms with E-state index in [1.54, 1.807) is 0 Å². The van der Waals surface area contributed by atoms with Crippen LogP contribution in [0.4, 0.5) is 13.2 Å². The lowest BCUT2D eigenvalue weighted by Gasteiger charge is -2.16. The highest BCUT2D eigenvalue weighted by molar-refractivity contribution is 7.87. The minimum absolute atomic E-state index is 0.326. The molecule has 4 atom stereocenters. The van der Waals surface area contributed by atoms with Crippen LogP contribution in [0.25, 0.3) is 0 Å². The molecule has 0 aromatic heterocycles. The molecule has 2 bridgehead atoms. The number of halogens is 3. The van der Waals surface area contributed by atoms with Crippen LogP contribution in [0.1, 0.15) is 0 Å². The van der Waals surface area contributed by atoms with E-state index in [0.29, 0.717) is 0 Å². The van der Waals surface area contributed by atoms with Crippen LogP contribution < -0.4 is 0 Å². The molecule has 0 aromatic rings. The number of nitrogens with zero attached hydrogens (tertiary/aromatic N) is 1. The van der Waals surface area contributed by atoms with Gasteiger partial charge in [0, 0.05) is 0 Å². The average molecular weight is 313 g/mol. The number of imide groups is 1. The topological polar surface area (TPSA) is 90.0 Å². The van der Waals surface area contributed by atoms with Gasteiger partial charge in [-0.2, -0.15) is 21.6 Å². The third-order valence-corrected chi connectivity index (χ3v) is 4.24. The number of amides is 2. The Morgan fingerprint density at radius 2 is 1.55 bits per heavy atom. The monoisotopic (exact) mass is 313 g/mol. The molecule has 0 aromatic carbocycles. The summed E-state index contributed by atoms with van der Waals surface area (Å²) in [5, 5.41) is -0.326. The normalized spacial score (nSPS) is 36.0. The number of hydroxylamine groups is 2. The first kappa shape index (κ1) is 13.5. The van der Waals surface area contributed by atoms with Crippen LogP contribution in [-0.4, -0.2) is 43.0 Å². The third kappa shape index (κ3) is 1.63. The summed E-state index contributed by atoms with van der Waals surface area (Å²) in [6, 6.07) is 0. The zero-order valence-corrected chi connectivity index (χ0v) is 10.2. The summed E-state index contributed by atoms with van der Waals surface area (Å²) in [6.45, 7) is 0. The highest BCUT2D eigenvalue weighted by Crippen LogP contribution is 2.45. The van der Waals surface area contributed by atoms with Crippen molar-refractivity contribution in [2.75, 3.05) is 0 Å². The van der Waals surface area contributed by atoms with Gasteiger partial charge in [-0.25, -0.2) is 0 Å². The highest BCUT2D eigenvalue weighted by atomic mass is 32.2. The molecular weight excluding hydrogens is 307 g/mol. The first-order chi connectivity index (χ1) is 9.13. The minimum Gasteiger partial charge on any atom is -0.365 e. The smallest absolute Gasteiger partial charge is 0.365 e. The minimum atomic E-state index is -6.07. The van der Waals surface area contributed by atoms with Crippen molar-refractivity contribution in [1.29, 1.82) is 0 Å². The van der Waals surface area contributed by atoms with Crippen molar-refractivity contribution in [2.45, 2.75) is 17.7 Å². The summed E-state index contributed by atoms with van der Waals surface area (Å²) >= 11 is 0. The molecule has 3 rings (SSSR count). The Morgan fingerprint density at radius 3 is 1.95 bits per heavy atom. The van der Waals surface area contributed by atoms with Crippen molar-refractivity contribution in [3.05, 3.63) is 12.2 Å². The van der Waals surface area contributed by atoms with Gasteiger partial charge < -0.3 is 4.74 Å². The lowest BCUT2D eigenvalue weighted by Crippen LogP contribution is -2.40. The van der Waals surface area contributed by atoms with Gasteiger partial charge >= 0.3 is 15.6 Å². The number of alkyl halides is 3. The van der Waals surface area contributed by atoms with E-state index in [0.717, 1.165) is 0 Å². The van der Waals surface area contributed by atoms with Crippen LogP contribution in [-0.2, 0) is 28.7 Å². The van der Waals surface area contributed by atoms with Crippen LogP contribution in [0.5, 0.6) is 0 Å². The second kappa shape index (κ2) is 3.80. The van der Waals surface area contributed by atoms with E-state index in [4.69, 9.17) is 4.74 Å². The summed E-state index contributed by atoms with van der Waals surface area (Å²) in [7, 11) is -6.07. The van der Waals surface area contributed by atoms with Gasteiger partial charge in [-0.15, -0.1) is 9.35 Å². The van der Waals surface area contributed by atoms with Gasteiger partial charge in [0.25, 0.3) is 11.8 Å². The predicted octanol–water partition coefficient (Wildman–Crippen LogP) is -0.294. The van der Waals surface area contributed by atoms with Crippen LogP contribution in [0, 0.1) is 11.8 Å². The molecule has 2 amide bonds. The van der Waals surface area contributed by atoms with Gasteiger partial charge in [0.05, 0.1) is 24.0 Å². The molecule has 0 spiro atoms. The quantitative estimate of drug-likeness (QED) is 0.395. The van der Waals surface area contributed by atoms with Crippen molar-refractivity contribution < 1.29 is 40.2 Å². The summed E-state index contributed by atoms with van der Waals surface area (Å²) in [5.41, 5.74) is -5.72. The van der Waals surface area contributed by atoms with Crippen LogP contribution >= 0.6 is 0 Å². The van der Waals surface area contributed by atoms with Gasteiger partial charge in [-0.1, -0.05) is 12.2 Å². The molecule has 2 fully saturated rings. The van der Waals surface area contributed by atoms with E-state index in [-0.39, 0.29) is 5.06 Å². The summed E-state index contributed by atoms with van der Waals surface area (Å²) in [5.74, 6) is -4.38. The molecule has 0 aliphatic carbocycles. The molecule has 110 valence electrons. The molecule has 0 saturated carbocycles. The van der Waals surface area contributed by atoms with Gasteiger partial charge in [-0.05, 0) is 0 Å². The highest BCUT2D eigenvalue weighted by Gasteiger charge is 2.63. The SMILES string of the molecule is O=C1C2C3C=C[C@H](O3)[C@@H]2C(=O)N1OS(=O)(=O)C(F)(F)F. The molecule has 11 heteroatoms. The molecule has 2 unspecified atom stereocenters. The maximum atomic E-state index is 12.2. The number of rotatable bonds is 2. The van der Waals surface area contributed by atoms with Crippen LogP contribution in [0.3, 0.4) is 0 Å². The Balaban J connectivity index is 1.88. The fourth-order valence-electron chi connectivity index (χ4n) is 2.49. The average Bonchev–Trinajstić information content (AvgIpc) is 2.97. The maximum Gasteiger partial charge on any atom is 0.525 e. The van der Waals surface area contributed by atoms with Crippen molar-refractivity contribution in [1.82, 2.24) is 5.06 Å². The molecule has 3 aliphatic heterocycles. The molecule has 2 saturated heterocycles. The fraction of sp³-hybridized carbons (Fsp3) is 0.556. The van der Waals surface area contributed by atoms with Crippen LogP contribution in [0.15, 0.2) is 12.2 Å². The molecule has 7 nitrogen and oxygen atoms in total. The number of carbonyl (C=O) groups excluding carboxylic acids is 2. The van der Waals surface area contributed by atoms with Gasteiger partial charge in [0.1, 0.15) is 0 Å². The summed E-state index contributed by atoms with van der Waals surface area (Å²) in [4.78, 5) is 23.7. The van der Waals surface area contributed by atoms with Gasteiger partial charge in [-0.3, -0.25) is 9.59 Å². The number of carbonyl (C=O) groups is 2. The molecular formula is C9H6F3NO6S. The van der Waals surface area contributed by atoms with Crippen molar-refractivity contribution in [3.63, 3.8) is 0 Å². The van der Waals surface area contributed by atoms with Crippen molar-refractivity contribution in [2.24, 2.45) is 11.8 Å². The number of ether oxygens (including phenoxy) is 1. The number of hydrogen-bond acceptors (Lipinski definition) is 6. The Bertz CT molecular complexity index is 596. The van der Waals surface area contributed by atoms with E-state index < -0.39 is 51.5 Å². The Hall–Kier alpha value is -1.46. The lowest BCUT2D eigenvalue weighted by atomic mass is 9.85. The largest absolute Gasteiger partial charge is 0.525 e. The lowest BCUT2D eigenvalue weighted by molar-refractivity contribution is -0.171. The van der Waals surface area contributed by atoms with Crippen LogP contribution in [0.2, 0.25) is 0 Å². The summed E-state index contributed by atoms with van der Waals surface area (Å²) in [6.07, 6.45) is 1.50. The standard InChI is InChI=1S/C9H6F3NO6S/c10-9(11,12)20(16,17)19-13-7(14)5-3-1-2-4(18-3)6(5)8(13)15/h1-6H/t3-,4?,5-,6?/m0/s1. The maximum absolute atomic E-state index is 12.2. The van der Waals surface area contributed by atoms with E-state index >= 15 is 0 Å². The molecule has 3 heterocycles. The second-order valence-electron chi connectivity index (χ2n) is 4.45. The first-order valence-corrected chi connectivity index (χ1v) is 6.77. The number of hydrogen-bond donors (Lipinski definition) is 0. The Labute approximate surface area is 110 Å². The zero-order valence-electron chi connectivity index (χ0n) is 9.40. The van der Waals surface area contributed by atoms with Gasteiger partial charge in [0.2, 0.25) is 0 Å². The van der Waals surface area contributed by atoms with E-state index in [1.807, 2.05) is 0 Å². The van der Waals surface area contributed by atoms with E-state index in [1.165, 1.54) is 12.2 Å². The molecule has 3 aliphatic rings.